The Hall–Kier alpha value is -0.190. The number of nitrogens with two attached hydrogens (primary N) is 1. The molecule has 1 aromatic carbocycles. The van der Waals surface area contributed by atoms with Crippen molar-refractivity contribution in [2.75, 3.05) is 29.5 Å². The van der Waals surface area contributed by atoms with Crippen molar-refractivity contribution in [1.29, 1.82) is 0 Å². The first-order valence-electron chi connectivity index (χ1n) is 5.56. The number of rotatable bonds is 2. The number of anilines is 1. The minimum atomic E-state index is 0.0853. The predicted octanol–water partition coefficient (Wildman–Crippen LogP) is 3.02. The van der Waals surface area contributed by atoms with Gasteiger partial charge in [0.15, 0.2) is 0 Å². The van der Waals surface area contributed by atoms with Crippen LogP contribution in [0, 0.1) is 0 Å². The third-order valence-electron chi connectivity index (χ3n) is 2.83. The Morgan fingerprint density at radius 1 is 1.38 bits per heavy atom. The van der Waals surface area contributed by atoms with E-state index in [9.17, 15) is 0 Å². The maximum atomic E-state index is 6.04. The average Bonchev–Trinajstić information content (AvgIpc) is 2.30. The lowest BCUT2D eigenvalue weighted by atomic mass is 10.1. The van der Waals surface area contributed by atoms with E-state index in [1.807, 2.05) is 18.7 Å². The van der Waals surface area contributed by atoms with Crippen molar-refractivity contribution in [2.24, 2.45) is 5.73 Å². The zero-order valence-electron chi connectivity index (χ0n) is 9.45. The fourth-order valence-electron chi connectivity index (χ4n) is 1.98. The fraction of sp³-hybridized carbons (Fsp3) is 0.500. The highest BCUT2D eigenvalue weighted by Crippen LogP contribution is 2.30. The molecule has 1 saturated heterocycles. The van der Waals surface area contributed by atoms with E-state index in [2.05, 4.69) is 39.0 Å². The van der Waals surface area contributed by atoms with Crippen LogP contribution in [0.15, 0.2) is 22.7 Å². The monoisotopic (exact) mass is 300 g/mol. The molecule has 1 aliphatic heterocycles. The highest BCUT2D eigenvalue weighted by Gasteiger charge is 2.16. The molecule has 4 heteroatoms. The van der Waals surface area contributed by atoms with Gasteiger partial charge in [-0.1, -0.05) is 15.9 Å². The van der Waals surface area contributed by atoms with Gasteiger partial charge in [0.2, 0.25) is 0 Å². The third kappa shape index (κ3) is 2.73. The van der Waals surface area contributed by atoms with Gasteiger partial charge in [-0.3, -0.25) is 0 Å². The van der Waals surface area contributed by atoms with Gasteiger partial charge in [0, 0.05) is 40.8 Å². The van der Waals surface area contributed by atoms with Gasteiger partial charge >= 0.3 is 0 Å². The lowest BCUT2D eigenvalue weighted by Gasteiger charge is -2.31. The predicted molar refractivity (Wildman–Crippen MR) is 76.3 cm³/mol. The summed E-state index contributed by atoms with van der Waals surface area (Å²) in [4.78, 5) is 2.45. The molecule has 88 valence electrons. The van der Waals surface area contributed by atoms with E-state index >= 15 is 0 Å². The smallest absolute Gasteiger partial charge is 0.0415 e. The molecule has 16 heavy (non-hydrogen) atoms. The van der Waals surface area contributed by atoms with Crippen LogP contribution in [0.4, 0.5) is 5.69 Å². The van der Waals surface area contributed by atoms with Crippen molar-refractivity contribution in [2.45, 2.75) is 13.0 Å². The summed E-state index contributed by atoms with van der Waals surface area (Å²) in [5.41, 5.74) is 8.58. The molecule has 1 aliphatic rings. The van der Waals surface area contributed by atoms with Crippen LogP contribution in [0.5, 0.6) is 0 Å². The molecular formula is C12H17BrN2S. The average molecular weight is 301 g/mol. The molecule has 0 aromatic heterocycles. The molecule has 0 saturated carbocycles. The summed E-state index contributed by atoms with van der Waals surface area (Å²) in [6.45, 7) is 4.31. The second-order valence-electron chi connectivity index (χ2n) is 4.09. The Balaban J connectivity index is 2.31. The number of benzene rings is 1. The molecule has 1 fully saturated rings. The molecule has 1 heterocycles. The van der Waals surface area contributed by atoms with E-state index in [-0.39, 0.29) is 6.04 Å². The summed E-state index contributed by atoms with van der Waals surface area (Å²) in [6.07, 6.45) is 0. The zero-order valence-corrected chi connectivity index (χ0v) is 11.9. The van der Waals surface area contributed by atoms with Crippen LogP contribution in [0.25, 0.3) is 0 Å². The molecule has 0 spiro atoms. The Labute approximate surface area is 110 Å². The molecule has 0 radical (unpaired) electrons. The number of halogens is 1. The van der Waals surface area contributed by atoms with Crippen molar-refractivity contribution in [1.82, 2.24) is 0 Å². The van der Waals surface area contributed by atoms with Crippen LogP contribution in [0.1, 0.15) is 18.5 Å². The Bertz CT molecular complexity index is 362. The van der Waals surface area contributed by atoms with Gasteiger partial charge in [-0.05, 0) is 30.7 Å². The Kier molecular flexibility index (Phi) is 4.16. The highest BCUT2D eigenvalue weighted by molar-refractivity contribution is 9.10. The SMILES string of the molecule is CC(N)c1cc(Br)ccc1N1CCSCC1. The van der Waals surface area contributed by atoms with Crippen molar-refractivity contribution >= 4 is 33.4 Å². The van der Waals surface area contributed by atoms with Crippen molar-refractivity contribution in [3.05, 3.63) is 28.2 Å². The Morgan fingerprint density at radius 2 is 2.06 bits per heavy atom. The minimum Gasteiger partial charge on any atom is -0.370 e. The molecule has 1 unspecified atom stereocenters. The number of hydrogen-bond acceptors (Lipinski definition) is 3. The standard InChI is InChI=1S/C12H17BrN2S/c1-9(14)11-8-10(13)2-3-12(11)15-4-6-16-7-5-15/h2-3,8-9H,4-7,14H2,1H3. The van der Waals surface area contributed by atoms with Crippen LogP contribution in [0.3, 0.4) is 0 Å². The second-order valence-corrected chi connectivity index (χ2v) is 6.23. The minimum absolute atomic E-state index is 0.0853. The third-order valence-corrected chi connectivity index (χ3v) is 4.27. The summed E-state index contributed by atoms with van der Waals surface area (Å²) in [6, 6.07) is 6.51. The van der Waals surface area contributed by atoms with Gasteiger partial charge < -0.3 is 10.6 Å². The second kappa shape index (κ2) is 5.43. The number of nitrogens with zero attached hydrogens (tertiary/aromatic N) is 1. The molecule has 1 atom stereocenters. The number of hydrogen-bond donors (Lipinski definition) is 1. The fourth-order valence-corrected chi connectivity index (χ4v) is 3.26. The van der Waals surface area contributed by atoms with Crippen molar-refractivity contribution < 1.29 is 0 Å². The normalized spacial score (nSPS) is 18.6. The number of thioether (sulfide) groups is 1. The van der Waals surface area contributed by atoms with Crippen LogP contribution in [-0.4, -0.2) is 24.6 Å². The van der Waals surface area contributed by atoms with Gasteiger partial charge in [0.1, 0.15) is 0 Å². The molecule has 1 aromatic rings. The topological polar surface area (TPSA) is 29.3 Å². The van der Waals surface area contributed by atoms with Gasteiger partial charge in [0.05, 0.1) is 0 Å². The quantitative estimate of drug-likeness (QED) is 0.910. The van der Waals surface area contributed by atoms with Crippen LogP contribution >= 0.6 is 27.7 Å². The van der Waals surface area contributed by atoms with E-state index in [1.54, 1.807) is 0 Å². The van der Waals surface area contributed by atoms with E-state index in [4.69, 9.17) is 5.73 Å². The summed E-state index contributed by atoms with van der Waals surface area (Å²) < 4.78 is 1.11. The molecule has 0 aliphatic carbocycles. The van der Waals surface area contributed by atoms with Gasteiger partial charge in [-0.2, -0.15) is 11.8 Å². The summed E-state index contributed by atoms with van der Waals surface area (Å²) in [7, 11) is 0. The Morgan fingerprint density at radius 3 is 2.69 bits per heavy atom. The van der Waals surface area contributed by atoms with E-state index in [0.29, 0.717) is 0 Å². The van der Waals surface area contributed by atoms with E-state index < -0.39 is 0 Å². The first kappa shape index (κ1) is 12.3. The zero-order chi connectivity index (χ0) is 11.5. The molecule has 2 N–H and O–H groups in total. The van der Waals surface area contributed by atoms with Crippen molar-refractivity contribution in [3.8, 4) is 0 Å². The van der Waals surface area contributed by atoms with Crippen LogP contribution in [-0.2, 0) is 0 Å². The molecule has 0 bridgehead atoms. The van der Waals surface area contributed by atoms with Gasteiger partial charge in [-0.25, -0.2) is 0 Å². The molecule has 2 rings (SSSR count). The summed E-state index contributed by atoms with van der Waals surface area (Å²) in [5.74, 6) is 2.43. The van der Waals surface area contributed by atoms with Crippen LogP contribution in [0.2, 0.25) is 0 Å². The first-order valence-corrected chi connectivity index (χ1v) is 7.51. The summed E-state index contributed by atoms with van der Waals surface area (Å²) >= 11 is 5.54. The van der Waals surface area contributed by atoms with Gasteiger partial charge in [-0.15, -0.1) is 0 Å². The lowest BCUT2D eigenvalue weighted by Crippen LogP contribution is -2.33. The highest BCUT2D eigenvalue weighted by atomic mass is 79.9. The molecular weight excluding hydrogens is 284 g/mol. The van der Waals surface area contributed by atoms with E-state index in [0.717, 1.165) is 17.6 Å². The van der Waals surface area contributed by atoms with Crippen molar-refractivity contribution in [3.63, 3.8) is 0 Å². The van der Waals surface area contributed by atoms with Gasteiger partial charge in [0.25, 0.3) is 0 Å². The largest absolute Gasteiger partial charge is 0.370 e. The van der Waals surface area contributed by atoms with E-state index in [1.165, 1.54) is 22.8 Å². The van der Waals surface area contributed by atoms with Crippen LogP contribution < -0.4 is 10.6 Å². The summed E-state index contributed by atoms with van der Waals surface area (Å²) in [5, 5.41) is 0. The maximum absolute atomic E-state index is 6.04. The molecule has 0 amide bonds. The molecule has 2 nitrogen and oxygen atoms in total. The maximum Gasteiger partial charge on any atom is 0.0415 e. The first-order chi connectivity index (χ1) is 7.68. The lowest BCUT2D eigenvalue weighted by molar-refractivity contribution is 0.787.